The van der Waals surface area contributed by atoms with Crippen LogP contribution < -0.4 is 4.74 Å². The third kappa shape index (κ3) is 2.90. The van der Waals surface area contributed by atoms with Crippen molar-refractivity contribution in [2.75, 3.05) is 0 Å². The second kappa shape index (κ2) is 5.31. The van der Waals surface area contributed by atoms with Crippen LogP contribution in [-0.4, -0.2) is 10.9 Å². The number of ketones is 1. The number of alkyl halides is 3. The number of hydrogen-bond donors (Lipinski definition) is 1. The average Bonchev–Trinajstić information content (AvgIpc) is 2.76. The summed E-state index contributed by atoms with van der Waals surface area (Å²) in [6.07, 6.45) is -3.23. The Kier molecular flexibility index (Phi) is 3.56. The maximum atomic E-state index is 12.6. The first-order chi connectivity index (χ1) is 10.8. The molecular formula is C16H8ClF3O3. The predicted octanol–water partition coefficient (Wildman–Crippen LogP) is 4.68. The first-order valence-corrected chi connectivity index (χ1v) is 6.77. The molecule has 2 aromatic carbocycles. The highest BCUT2D eigenvalue weighted by Crippen LogP contribution is 2.36. The van der Waals surface area contributed by atoms with Gasteiger partial charge in [-0.15, -0.1) is 0 Å². The fraction of sp³-hybridized carbons (Fsp3) is 0.0625. The monoisotopic (exact) mass is 340 g/mol. The zero-order chi connectivity index (χ0) is 16.8. The van der Waals surface area contributed by atoms with Crippen LogP contribution in [0, 0.1) is 0 Å². The van der Waals surface area contributed by atoms with Crippen molar-refractivity contribution in [2.24, 2.45) is 0 Å². The SMILES string of the molecule is O=C1/C(=C/c2ccc(C(F)(F)F)cc2Cl)Oc2cc(O)ccc21. The lowest BCUT2D eigenvalue weighted by atomic mass is 10.1. The third-order valence-electron chi connectivity index (χ3n) is 3.27. The molecule has 3 nitrogen and oxygen atoms in total. The maximum absolute atomic E-state index is 12.6. The van der Waals surface area contributed by atoms with E-state index < -0.39 is 17.5 Å². The molecule has 1 N–H and O–H groups in total. The minimum absolute atomic E-state index is 0.0645. The number of carbonyl (C=O) groups is 1. The predicted molar refractivity (Wildman–Crippen MR) is 77.5 cm³/mol. The van der Waals surface area contributed by atoms with Gasteiger partial charge in [0.25, 0.3) is 0 Å². The zero-order valence-electron chi connectivity index (χ0n) is 11.3. The van der Waals surface area contributed by atoms with Crippen molar-refractivity contribution in [1.82, 2.24) is 0 Å². The van der Waals surface area contributed by atoms with E-state index in [9.17, 15) is 23.1 Å². The van der Waals surface area contributed by atoms with E-state index in [1.165, 1.54) is 24.3 Å². The minimum atomic E-state index is -4.50. The molecule has 0 aliphatic carbocycles. The van der Waals surface area contributed by atoms with Gasteiger partial charge in [0.05, 0.1) is 11.1 Å². The van der Waals surface area contributed by atoms with E-state index in [2.05, 4.69) is 0 Å². The molecule has 118 valence electrons. The fourth-order valence-corrected chi connectivity index (χ4v) is 2.37. The standard InChI is InChI=1S/C16H8ClF3O3/c17-12-6-9(16(18,19)20)2-1-8(12)5-14-15(22)11-4-3-10(21)7-13(11)23-14/h1-7,21H/b14-5-. The highest BCUT2D eigenvalue weighted by molar-refractivity contribution is 6.32. The number of aromatic hydroxyl groups is 1. The molecule has 0 atom stereocenters. The number of allylic oxidation sites excluding steroid dienone is 1. The molecule has 23 heavy (non-hydrogen) atoms. The van der Waals surface area contributed by atoms with Gasteiger partial charge in [-0.3, -0.25) is 4.79 Å². The lowest BCUT2D eigenvalue weighted by molar-refractivity contribution is -0.137. The lowest BCUT2D eigenvalue weighted by Crippen LogP contribution is -2.05. The van der Waals surface area contributed by atoms with Crippen LogP contribution in [0.15, 0.2) is 42.2 Å². The number of rotatable bonds is 1. The normalized spacial score (nSPS) is 15.7. The van der Waals surface area contributed by atoms with Gasteiger partial charge in [-0.05, 0) is 35.9 Å². The molecule has 1 aliphatic heterocycles. The largest absolute Gasteiger partial charge is 0.508 e. The molecule has 0 saturated carbocycles. The topological polar surface area (TPSA) is 46.5 Å². The molecule has 2 aromatic rings. The van der Waals surface area contributed by atoms with Crippen LogP contribution in [0.4, 0.5) is 13.2 Å². The summed E-state index contributed by atoms with van der Waals surface area (Å²) in [5, 5.41) is 9.22. The van der Waals surface area contributed by atoms with Crippen LogP contribution >= 0.6 is 11.6 Å². The first-order valence-electron chi connectivity index (χ1n) is 6.40. The summed E-state index contributed by atoms with van der Waals surface area (Å²) < 4.78 is 43.1. The zero-order valence-corrected chi connectivity index (χ0v) is 12.1. The number of Topliss-reactive ketones (excluding diaryl/α,β-unsaturated/α-hetero) is 1. The van der Waals surface area contributed by atoms with E-state index in [0.717, 1.165) is 18.2 Å². The van der Waals surface area contributed by atoms with Crippen molar-refractivity contribution in [2.45, 2.75) is 6.18 Å². The molecular weight excluding hydrogens is 333 g/mol. The molecule has 0 amide bonds. The van der Waals surface area contributed by atoms with Crippen molar-refractivity contribution in [3.8, 4) is 11.5 Å². The number of phenols is 1. The van der Waals surface area contributed by atoms with E-state index in [0.29, 0.717) is 0 Å². The molecule has 1 aliphatic rings. The van der Waals surface area contributed by atoms with Gasteiger partial charge in [-0.2, -0.15) is 13.2 Å². The smallest absolute Gasteiger partial charge is 0.416 e. The van der Waals surface area contributed by atoms with Gasteiger partial charge in [-0.25, -0.2) is 0 Å². The quantitative estimate of drug-likeness (QED) is 0.767. The van der Waals surface area contributed by atoms with E-state index in [-0.39, 0.29) is 33.4 Å². The molecule has 7 heteroatoms. The average molecular weight is 341 g/mol. The van der Waals surface area contributed by atoms with Gasteiger partial charge < -0.3 is 9.84 Å². The maximum Gasteiger partial charge on any atom is 0.416 e. The van der Waals surface area contributed by atoms with E-state index in [1.54, 1.807) is 0 Å². The number of carbonyl (C=O) groups excluding carboxylic acids is 1. The van der Waals surface area contributed by atoms with Crippen LogP contribution in [0.2, 0.25) is 5.02 Å². The van der Waals surface area contributed by atoms with Crippen LogP contribution in [0.5, 0.6) is 11.5 Å². The Morgan fingerprint density at radius 3 is 2.52 bits per heavy atom. The van der Waals surface area contributed by atoms with Crippen LogP contribution in [0.3, 0.4) is 0 Å². The number of ether oxygens (including phenoxy) is 1. The van der Waals surface area contributed by atoms with Crippen molar-refractivity contribution in [1.29, 1.82) is 0 Å². The summed E-state index contributed by atoms with van der Waals surface area (Å²) >= 11 is 5.85. The molecule has 0 fully saturated rings. The summed E-state index contributed by atoms with van der Waals surface area (Å²) in [5.41, 5.74) is -0.395. The molecule has 1 heterocycles. The Balaban J connectivity index is 1.96. The molecule has 3 rings (SSSR count). The Bertz CT molecular complexity index is 841. The number of fused-ring (bicyclic) bond motifs is 1. The van der Waals surface area contributed by atoms with Crippen LogP contribution in [0.25, 0.3) is 6.08 Å². The number of phenolic OH excluding ortho intramolecular Hbond substituents is 1. The van der Waals surface area contributed by atoms with Crippen molar-refractivity contribution in [3.05, 3.63) is 63.9 Å². The van der Waals surface area contributed by atoms with Crippen molar-refractivity contribution < 1.29 is 27.8 Å². The molecule has 0 saturated heterocycles. The summed E-state index contributed by atoms with van der Waals surface area (Å²) in [7, 11) is 0. The van der Waals surface area contributed by atoms with Gasteiger partial charge >= 0.3 is 6.18 Å². The van der Waals surface area contributed by atoms with Gasteiger partial charge in [-0.1, -0.05) is 17.7 Å². The van der Waals surface area contributed by atoms with Gasteiger partial charge in [0, 0.05) is 11.1 Å². The highest BCUT2D eigenvalue weighted by Gasteiger charge is 2.31. The van der Waals surface area contributed by atoms with Gasteiger partial charge in [0.1, 0.15) is 11.5 Å². The highest BCUT2D eigenvalue weighted by atomic mass is 35.5. The Morgan fingerprint density at radius 1 is 1.13 bits per heavy atom. The number of halogens is 4. The summed E-state index contributed by atoms with van der Waals surface area (Å²) in [6, 6.07) is 6.84. The third-order valence-corrected chi connectivity index (χ3v) is 3.60. The fourth-order valence-electron chi connectivity index (χ4n) is 2.14. The Labute approximate surface area is 133 Å². The van der Waals surface area contributed by atoms with Crippen LogP contribution in [0.1, 0.15) is 21.5 Å². The second-order valence-corrected chi connectivity index (χ2v) is 5.26. The lowest BCUT2D eigenvalue weighted by Gasteiger charge is -2.08. The van der Waals surface area contributed by atoms with E-state index in [1.807, 2.05) is 0 Å². The van der Waals surface area contributed by atoms with Gasteiger partial charge in [0.15, 0.2) is 5.76 Å². The Hall–Kier alpha value is -2.47. The molecule has 0 bridgehead atoms. The van der Waals surface area contributed by atoms with Crippen molar-refractivity contribution in [3.63, 3.8) is 0 Å². The number of hydrogen-bond acceptors (Lipinski definition) is 3. The van der Waals surface area contributed by atoms with E-state index in [4.69, 9.17) is 16.3 Å². The van der Waals surface area contributed by atoms with Crippen LogP contribution in [-0.2, 0) is 6.18 Å². The Morgan fingerprint density at radius 2 is 1.87 bits per heavy atom. The minimum Gasteiger partial charge on any atom is -0.508 e. The number of benzene rings is 2. The summed E-state index contributed by atoms with van der Waals surface area (Å²) in [5.74, 6) is -0.391. The molecule has 0 spiro atoms. The second-order valence-electron chi connectivity index (χ2n) is 4.85. The summed E-state index contributed by atoms with van der Waals surface area (Å²) in [6.45, 7) is 0. The summed E-state index contributed by atoms with van der Waals surface area (Å²) in [4.78, 5) is 12.2. The van der Waals surface area contributed by atoms with Gasteiger partial charge in [0.2, 0.25) is 5.78 Å². The van der Waals surface area contributed by atoms with E-state index >= 15 is 0 Å². The van der Waals surface area contributed by atoms with Crippen molar-refractivity contribution >= 4 is 23.5 Å². The first kappa shape index (κ1) is 15.4. The molecule has 0 radical (unpaired) electrons. The molecule has 0 aromatic heterocycles. The molecule has 0 unspecified atom stereocenters.